The first-order chi connectivity index (χ1) is 16.0. The van der Waals surface area contributed by atoms with Gasteiger partial charge in [0, 0.05) is 36.2 Å². The molecule has 4 rings (SSSR count). The predicted molar refractivity (Wildman–Crippen MR) is 120 cm³/mol. The van der Waals surface area contributed by atoms with E-state index in [0.29, 0.717) is 17.7 Å². The number of hydrogen-bond donors (Lipinski definition) is 3. The maximum absolute atomic E-state index is 13.2. The fraction of sp³-hybridized carbons (Fsp3) is 0.440. The summed E-state index contributed by atoms with van der Waals surface area (Å²) in [7, 11) is 0. The van der Waals surface area contributed by atoms with Crippen LogP contribution in [-0.4, -0.2) is 58.3 Å². The topological polar surface area (TPSA) is 112 Å². The van der Waals surface area contributed by atoms with Crippen molar-refractivity contribution >= 4 is 11.8 Å². The molecule has 0 radical (unpaired) electrons. The van der Waals surface area contributed by atoms with E-state index in [1.807, 2.05) is 31.2 Å². The highest BCUT2D eigenvalue weighted by atomic mass is 16.5. The maximum Gasteiger partial charge on any atom is 0.247 e. The molecular formula is C25H30N2O6. The average molecular weight is 455 g/mol. The molecule has 1 aliphatic heterocycles. The highest BCUT2D eigenvalue weighted by molar-refractivity contribution is 5.96. The summed E-state index contributed by atoms with van der Waals surface area (Å²) >= 11 is 0. The van der Waals surface area contributed by atoms with Crippen LogP contribution in [-0.2, 0) is 16.1 Å². The second-order valence-electron chi connectivity index (χ2n) is 8.44. The number of hydrogen-bond acceptors (Lipinski definition) is 6. The minimum Gasteiger partial charge on any atom is -0.486 e. The highest BCUT2D eigenvalue weighted by Gasteiger charge is 2.50. The van der Waals surface area contributed by atoms with Gasteiger partial charge in [-0.05, 0) is 24.6 Å². The van der Waals surface area contributed by atoms with Crippen molar-refractivity contribution in [2.75, 3.05) is 13.2 Å². The van der Waals surface area contributed by atoms with Crippen LogP contribution < -0.4 is 10.1 Å². The first-order valence-corrected chi connectivity index (χ1v) is 11.4. The number of aliphatic hydroxyl groups excluding tert-OH is 2. The number of nitrogens with zero attached hydrogens (tertiary/aromatic N) is 1. The number of nitrogens with one attached hydrogen (secondary N) is 1. The van der Waals surface area contributed by atoms with Gasteiger partial charge in [-0.25, -0.2) is 0 Å². The van der Waals surface area contributed by atoms with Crippen LogP contribution in [0.25, 0.3) is 0 Å². The summed E-state index contributed by atoms with van der Waals surface area (Å²) in [4.78, 5) is 27.9. The summed E-state index contributed by atoms with van der Waals surface area (Å²) in [5.74, 6) is -0.303. The molecular weight excluding hydrogens is 424 g/mol. The normalized spacial score (nSPS) is 23.2. The van der Waals surface area contributed by atoms with Crippen molar-refractivity contribution in [3.8, 4) is 5.75 Å². The molecule has 1 aromatic carbocycles. The Morgan fingerprint density at radius 2 is 2.03 bits per heavy atom. The summed E-state index contributed by atoms with van der Waals surface area (Å²) in [6, 6.07) is 8.43. The lowest BCUT2D eigenvalue weighted by Gasteiger charge is -2.40. The fourth-order valence-corrected chi connectivity index (χ4v) is 4.60. The molecule has 4 unspecified atom stereocenters. The molecule has 0 spiro atoms. The minimum absolute atomic E-state index is 0.109. The minimum atomic E-state index is -1.03. The van der Waals surface area contributed by atoms with E-state index in [0.717, 1.165) is 24.0 Å². The number of para-hydroxylation sites is 1. The van der Waals surface area contributed by atoms with Crippen molar-refractivity contribution in [1.82, 2.24) is 10.2 Å². The second-order valence-corrected chi connectivity index (χ2v) is 8.44. The molecule has 0 bridgehead atoms. The molecule has 0 saturated carbocycles. The second kappa shape index (κ2) is 10.2. The smallest absolute Gasteiger partial charge is 0.247 e. The Morgan fingerprint density at radius 3 is 2.76 bits per heavy atom. The lowest BCUT2D eigenvalue weighted by Crippen LogP contribution is -2.55. The predicted octanol–water partition coefficient (Wildman–Crippen LogP) is 2.12. The Labute approximate surface area is 192 Å². The summed E-state index contributed by atoms with van der Waals surface area (Å²) in [5, 5.41) is 23.3. The van der Waals surface area contributed by atoms with Gasteiger partial charge in [0.2, 0.25) is 11.8 Å². The molecule has 0 fully saturated rings. The number of carbonyl (C=O) groups excluding carboxylic acids is 2. The van der Waals surface area contributed by atoms with Crippen LogP contribution in [0, 0.1) is 0 Å². The van der Waals surface area contributed by atoms with E-state index < -0.39 is 24.2 Å². The molecule has 4 atom stereocenters. The molecule has 2 aromatic rings. The van der Waals surface area contributed by atoms with Crippen LogP contribution in [0.4, 0.5) is 0 Å². The molecule has 176 valence electrons. The Balaban J connectivity index is 1.73. The number of furan rings is 1. The quantitative estimate of drug-likeness (QED) is 0.535. The molecule has 2 heterocycles. The van der Waals surface area contributed by atoms with Crippen molar-refractivity contribution in [2.24, 2.45) is 0 Å². The molecule has 3 N–H and O–H groups in total. The van der Waals surface area contributed by atoms with E-state index in [4.69, 9.17) is 9.15 Å². The van der Waals surface area contributed by atoms with E-state index in [-0.39, 0.29) is 31.5 Å². The number of amides is 2. The van der Waals surface area contributed by atoms with Crippen LogP contribution in [0.5, 0.6) is 5.75 Å². The Morgan fingerprint density at radius 1 is 1.21 bits per heavy atom. The molecule has 8 heteroatoms. The van der Waals surface area contributed by atoms with Crippen LogP contribution in [0.15, 0.2) is 58.9 Å². The Kier molecular flexibility index (Phi) is 7.15. The van der Waals surface area contributed by atoms with Gasteiger partial charge in [0.05, 0.1) is 31.1 Å². The fourth-order valence-electron chi connectivity index (χ4n) is 4.60. The van der Waals surface area contributed by atoms with Gasteiger partial charge in [-0.1, -0.05) is 31.5 Å². The summed E-state index contributed by atoms with van der Waals surface area (Å²) in [6.07, 6.45) is 4.99. The van der Waals surface area contributed by atoms with Gasteiger partial charge in [-0.3, -0.25) is 9.59 Å². The van der Waals surface area contributed by atoms with Crippen molar-refractivity contribution < 1.29 is 29.0 Å². The number of carbonyl (C=O) groups is 2. The number of unbranched alkanes of at least 4 members (excludes halogenated alkanes) is 1. The third-order valence-electron chi connectivity index (χ3n) is 6.23. The molecule has 33 heavy (non-hydrogen) atoms. The molecule has 8 nitrogen and oxygen atoms in total. The Hall–Kier alpha value is -3.10. The summed E-state index contributed by atoms with van der Waals surface area (Å²) < 4.78 is 11.3. The monoisotopic (exact) mass is 454 g/mol. The summed E-state index contributed by atoms with van der Waals surface area (Å²) in [6.45, 7) is 2.18. The van der Waals surface area contributed by atoms with Crippen LogP contribution in [0.1, 0.15) is 43.2 Å². The first-order valence-electron chi connectivity index (χ1n) is 11.4. The molecule has 2 aliphatic rings. The van der Waals surface area contributed by atoms with Gasteiger partial charge in [0.15, 0.2) is 0 Å². The third kappa shape index (κ3) is 4.67. The molecule has 1 aliphatic carbocycles. The Bertz CT molecular complexity index is 1000. The number of ether oxygens (including phenoxy) is 1. The summed E-state index contributed by atoms with van der Waals surface area (Å²) in [5.41, 5.74) is 2.04. The zero-order chi connectivity index (χ0) is 23.4. The van der Waals surface area contributed by atoms with Crippen LogP contribution in [0.3, 0.4) is 0 Å². The van der Waals surface area contributed by atoms with Crippen molar-refractivity contribution in [3.05, 3.63) is 65.6 Å². The average Bonchev–Trinajstić information content (AvgIpc) is 3.48. The van der Waals surface area contributed by atoms with Gasteiger partial charge in [-0.2, -0.15) is 0 Å². The van der Waals surface area contributed by atoms with E-state index in [1.54, 1.807) is 23.3 Å². The molecule has 1 aromatic heterocycles. The van der Waals surface area contributed by atoms with Crippen molar-refractivity contribution in [1.29, 1.82) is 0 Å². The lowest BCUT2D eigenvalue weighted by molar-refractivity contribution is -0.138. The largest absolute Gasteiger partial charge is 0.486 e. The van der Waals surface area contributed by atoms with Crippen LogP contribution in [0.2, 0.25) is 0 Å². The van der Waals surface area contributed by atoms with Gasteiger partial charge >= 0.3 is 0 Å². The standard InChI is InChI=1S/C25H30N2O6/c1-2-3-8-21(29)27(14-16-9-12-32-15-16)19-13-18(25(31)26-10-11-28)22-17-6-4-5-7-20(17)33-24(22)23(19)30/h4-7,9,12-13,15,19,22-24,28,30H,2-3,8,10-11,14H2,1H3,(H,26,31). The number of benzene rings is 1. The van der Waals surface area contributed by atoms with Gasteiger partial charge in [0.25, 0.3) is 0 Å². The highest BCUT2D eigenvalue weighted by Crippen LogP contribution is 2.47. The van der Waals surface area contributed by atoms with E-state index in [2.05, 4.69) is 5.32 Å². The van der Waals surface area contributed by atoms with Gasteiger partial charge < -0.3 is 29.6 Å². The molecule has 2 amide bonds. The first kappa shape index (κ1) is 23.1. The molecule has 0 saturated heterocycles. The SMILES string of the molecule is CCCCC(=O)N(Cc1ccoc1)C1C=C(C(=O)NCCO)C2c3ccccc3OC2C1O. The van der Waals surface area contributed by atoms with Crippen LogP contribution >= 0.6 is 0 Å². The zero-order valence-corrected chi connectivity index (χ0v) is 18.6. The van der Waals surface area contributed by atoms with E-state index in [1.165, 1.54) is 6.26 Å². The third-order valence-corrected chi connectivity index (χ3v) is 6.23. The number of aliphatic hydroxyl groups is 2. The zero-order valence-electron chi connectivity index (χ0n) is 18.6. The van der Waals surface area contributed by atoms with Crippen molar-refractivity contribution in [2.45, 2.75) is 56.9 Å². The van der Waals surface area contributed by atoms with Gasteiger partial charge in [0.1, 0.15) is 18.0 Å². The van der Waals surface area contributed by atoms with E-state index >= 15 is 0 Å². The van der Waals surface area contributed by atoms with Gasteiger partial charge in [-0.15, -0.1) is 0 Å². The maximum atomic E-state index is 13.2. The lowest BCUT2D eigenvalue weighted by atomic mass is 9.77. The number of rotatable bonds is 9. The van der Waals surface area contributed by atoms with Crippen molar-refractivity contribution in [3.63, 3.8) is 0 Å². The van der Waals surface area contributed by atoms with E-state index in [9.17, 15) is 19.8 Å². The number of fused-ring (bicyclic) bond motifs is 3.